The van der Waals surface area contributed by atoms with E-state index in [-0.39, 0.29) is 11.4 Å². The molecular weight excluding hydrogens is 186 g/mol. The Hall–Kier alpha value is -1.31. The number of aryl methyl sites for hydroxylation is 2. The molecule has 0 unspecified atom stereocenters. The van der Waals surface area contributed by atoms with E-state index in [0.717, 1.165) is 16.7 Å². The third-order valence-electron chi connectivity index (χ3n) is 2.13. The summed E-state index contributed by atoms with van der Waals surface area (Å²) >= 11 is 0. The standard InChI is InChI=1S/C13H19NO/c1-9-6-7-10(2)11(8-9)12(15)14-13(3,4)5/h6-8H,1-5H3,(H,14,15). The van der Waals surface area contributed by atoms with E-state index in [1.54, 1.807) is 0 Å². The van der Waals surface area contributed by atoms with Crippen LogP contribution >= 0.6 is 0 Å². The van der Waals surface area contributed by atoms with Crippen molar-refractivity contribution in [2.75, 3.05) is 0 Å². The summed E-state index contributed by atoms with van der Waals surface area (Å²) in [5, 5.41) is 2.96. The molecule has 1 N–H and O–H groups in total. The van der Waals surface area contributed by atoms with Crippen LogP contribution < -0.4 is 5.32 Å². The lowest BCUT2D eigenvalue weighted by atomic mass is 10.0. The van der Waals surface area contributed by atoms with Crippen molar-refractivity contribution in [2.24, 2.45) is 0 Å². The predicted octanol–water partition coefficient (Wildman–Crippen LogP) is 2.83. The molecule has 0 aliphatic carbocycles. The SMILES string of the molecule is Cc1ccc(C)c(C(=O)NC(C)(C)C)c1. The highest BCUT2D eigenvalue weighted by molar-refractivity contribution is 5.96. The van der Waals surface area contributed by atoms with Gasteiger partial charge in [-0.05, 0) is 46.2 Å². The highest BCUT2D eigenvalue weighted by atomic mass is 16.1. The Bertz CT molecular complexity index is 375. The van der Waals surface area contributed by atoms with E-state index < -0.39 is 0 Å². The number of benzene rings is 1. The fourth-order valence-corrected chi connectivity index (χ4v) is 1.39. The highest BCUT2D eigenvalue weighted by Crippen LogP contribution is 2.12. The zero-order valence-electron chi connectivity index (χ0n) is 10.1. The van der Waals surface area contributed by atoms with Gasteiger partial charge in [-0.3, -0.25) is 4.79 Å². The summed E-state index contributed by atoms with van der Waals surface area (Å²) in [6.07, 6.45) is 0. The van der Waals surface area contributed by atoms with E-state index in [2.05, 4.69) is 5.32 Å². The third-order valence-corrected chi connectivity index (χ3v) is 2.13. The van der Waals surface area contributed by atoms with Crippen molar-refractivity contribution in [3.05, 3.63) is 34.9 Å². The Balaban J connectivity index is 2.96. The van der Waals surface area contributed by atoms with E-state index in [1.807, 2.05) is 52.8 Å². The van der Waals surface area contributed by atoms with Crippen LogP contribution in [0.3, 0.4) is 0 Å². The first-order valence-corrected chi connectivity index (χ1v) is 5.19. The summed E-state index contributed by atoms with van der Waals surface area (Å²) in [6.45, 7) is 9.90. The third kappa shape index (κ3) is 3.39. The Morgan fingerprint density at radius 1 is 1.20 bits per heavy atom. The molecule has 1 amide bonds. The van der Waals surface area contributed by atoms with Crippen LogP contribution in [0.25, 0.3) is 0 Å². The first kappa shape index (κ1) is 11.8. The van der Waals surface area contributed by atoms with Crippen molar-refractivity contribution in [3.8, 4) is 0 Å². The molecule has 0 saturated heterocycles. The van der Waals surface area contributed by atoms with Crippen molar-refractivity contribution in [3.63, 3.8) is 0 Å². The number of hydrogen-bond acceptors (Lipinski definition) is 1. The molecule has 0 aliphatic rings. The van der Waals surface area contributed by atoms with Crippen LogP contribution in [0.1, 0.15) is 42.3 Å². The quantitative estimate of drug-likeness (QED) is 0.750. The lowest BCUT2D eigenvalue weighted by Crippen LogP contribution is -2.40. The summed E-state index contributed by atoms with van der Waals surface area (Å²) in [7, 11) is 0. The average molecular weight is 205 g/mol. The van der Waals surface area contributed by atoms with Gasteiger partial charge in [-0.1, -0.05) is 17.7 Å². The smallest absolute Gasteiger partial charge is 0.251 e. The Labute approximate surface area is 91.7 Å². The summed E-state index contributed by atoms with van der Waals surface area (Å²) < 4.78 is 0. The minimum Gasteiger partial charge on any atom is -0.347 e. The second-order valence-electron chi connectivity index (χ2n) is 5.02. The average Bonchev–Trinajstić information content (AvgIpc) is 2.06. The molecule has 0 heterocycles. The molecule has 0 aliphatic heterocycles. The van der Waals surface area contributed by atoms with Crippen LogP contribution in [0.5, 0.6) is 0 Å². The van der Waals surface area contributed by atoms with Crippen molar-refractivity contribution in [2.45, 2.75) is 40.2 Å². The van der Waals surface area contributed by atoms with Crippen molar-refractivity contribution in [1.82, 2.24) is 5.32 Å². The molecule has 2 nitrogen and oxygen atoms in total. The summed E-state index contributed by atoms with van der Waals surface area (Å²) in [6, 6.07) is 5.92. The fraction of sp³-hybridized carbons (Fsp3) is 0.462. The van der Waals surface area contributed by atoms with E-state index in [1.165, 1.54) is 0 Å². The zero-order chi connectivity index (χ0) is 11.6. The van der Waals surface area contributed by atoms with Crippen LogP contribution in [0.15, 0.2) is 18.2 Å². The molecule has 15 heavy (non-hydrogen) atoms. The molecule has 0 aromatic heterocycles. The topological polar surface area (TPSA) is 29.1 Å². The number of hydrogen-bond donors (Lipinski definition) is 1. The van der Waals surface area contributed by atoms with Gasteiger partial charge in [0.25, 0.3) is 5.91 Å². The van der Waals surface area contributed by atoms with Crippen molar-refractivity contribution >= 4 is 5.91 Å². The molecule has 0 spiro atoms. The largest absolute Gasteiger partial charge is 0.347 e. The Morgan fingerprint density at radius 2 is 1.80 bits per heavy atom. The van der Waals surface area contributed by atoms with Gasteiger partial charge in [-0.25, -0.2) is 0 Å². The minimum atomic E-state index is -0.187. The molecule has 0 saturated carbocycles. The predicted molar refractivity (Wildman–Crippen MR) is 63.1 cm³/mol. The van der Waals surface area contributed by atoms with Gasteiger partial charge in [-0.2, -0.15) is 0 Å². The Morgan fingerprint density at radius 3 is 2.33 bits per heavy atom. The monoisotopic (exact) mass is 205 g/mol. The lowest BCUT2D eigenvalue weighted by Gasteiger charge is -2.21. The first-order valence-electron chi connectivity index (χ1n) is 5.19. The molecular formula is C13H19NO. The summed E-state index contributed by atoms with van der Waals surface area (Å²) in [5.41, 5.74) is 2.71. The zero-order valence-corrected chi connectivity index (χ0v) is 10.1. The van der Waals surface area contributed by atoms with Gasteiger partial charge in [0.1, 0.15) is 0 Å². The minimum absolute atomic E-state index is 0.00343. The van der Waals surface area contributed by atoms with Crippen molar-refractivity contribution < 1.29 is 4.79 Å². The van der Waals surface area contributed by atoms with E-state index in [9.17, 15) is 4.79 Å². The molecule has 1 aromatic rings. The molecule has 0 radical (unpaired) electrons. The molecule has 0 bridgehead atoms. The van der Waals surface area contributed by atoms with Crippen molar-refractivity contribution in [1.29, 1.82) is 0 Å². The lowest BCUT2D eigenvalue weighted by molar-refractivity contribution is 0.0919. The summed E-state index contributed by atoms with van der Waals surface area (Å²) in [5.74, 6) is 0.00343. The van der Waals surface area contributed by atoms with Crippen LogP contribution in [0.2, 0.25) is 0 Å². The second kappa shape index (κ2) is 4.05. The number of carbonyl (C=O) groups excluding carboxylic acids is 1. The van der Waals surface area contributed by atoms with Crippen LogP contribution in [-0.2, 0) is 0 Å². The molecule has 82 valence electrons. The number of nitrogens with one attached hydrogen (secondary N) is 1. The number of rotatable bonds is 1. The normalized spacial score (nSPS) is 11.3. The van der Waals surface area contributed by atoms with E-state index in [4.69, 9.17) is 0 Å². The second-order valence-corrected chi connectivity index (χ2v) is 5.02. The van der Waals surface area contributed by atoms with E-state index in [0.29, 0.717) is 0 Å². The maximum absolute atomic E-state index is 11.9. The molecule has 1 rings (SSSR count). The van der Waals surface area contributed by atoms with Gasteiger partial charge >= 0.3 is 0 Å². The van der Waals surface area contributed by atoms with Gasteiger partial charge in [0.05, 0.1) is 0 Å². The first-order chi connectivity index (χ1) is 6.79. The van der Waals surface area contributed by atoms with Gasteiger partial charge in [0, 0.05) is 11.1 Å². The van der Waals surface area contributed by atoms with Crippen LogP contribution in [-0.4, -0.2) is 11.4 Å². The maximum atomic E-state index is 11.9. The van der Waals surface area contributed by atoms with Crippen LogP contribution in [0, 0.1) is 13.8 Å². The number of amides is 1. The van der Waals surface area contributed by atoms with E-state index >= 15 is 0 Å². The van der Waals surface area contributed by atoms with Crippen LogP contribution in [0.4, 0.5) is 0 Å². The maximum Gasteiger partial charge on any atom is 0.251 e. The molecule has 2 heteroatoms. The van der Waals surface area contributed by atoms with Gasteiger partial charge in [-0.15, -0.1) is 0 Å². The number of carbonyl (C=O) groups is 1. The Kier molecular flexibility index (Phi) is 3.18. The van der Waals surface area contributed by atoms with Gasteiger partial charge < -0.3 is 5.32 Å². The highest BCUT2D eigenvalue weighted by Gasteiger charge is 2.16. The summed E-state index contributed by atoms with van der Waals surface area (Å²) in [4.78, 5) is 11.9. The molecule has 0 atom stereocenters. The fourth-order valence-electron chi connectivity index (χ4n) is 1.39. The molecule has 1 aromatic carbocycles. The van der Waals surface area contributed by atoms with Gasteiger partial charge in [0.15, 0.2) is 0 Å². The molecule has 0 fully saturated rings. The van der Waals surface area contributed by atoms with Gasteiger partial charge in [0.2, 0.25) is 0 Å².